The maximum atomic E-state index is 15.1. The van der Waals surface area contributed by atoms with Crippen molar-refractivity contribution < 1.29 is 26.7 Å². The Bertz CT molecular complexity index is 1340. The highest BCUT2D eigenvalue weighted by molar-refractivity contribution is 5.84. The Labute approximate surface area is 206 Å². The average molecular weight is 501 g/mol. The second-order valence-electron chi connectivity index (χ2n) is 8.59. The maximum Gasteiger partial charge on any atom is 0.419 e. The number of ether oxygens (including phenoxy) is 1. The highest BCUT2D eigenvalue weighted by Gasteiger charge is 2.33. The molecule has 0 saturated heterocycles. The molecule has 1 heterocycles. The van der Waals surface area contributed by atoms with Crippen LogP contribution in [0.25, 0.3) is 10.8 Å². The van der Waals surface area contributed by atoms with Crippen molar-refractivity contribution in [3.05, 3.63) is 101 Å². The zero-order valence-electron chi connectivity index (χ0n) is 19.7. The van der Waals surface area contributed by atoms with Gasteiger partial charge in [-0.1, -0.05) is 43.3 Å². The second kappa shape index (κ2) is 11.0. The average Bonchev–Trinajstić information content (AvgIpc) is 2.85. The predicted octanol–water partition coefficient (Wildman–Crippen LogP) is 7.29. The van der Waals surface area contributed by atoms with E-state index in [1.807, 2.05) is 25.1 Å². The van der Waals surface area contributed by atoms with E-state index in [4.69, 9.17) is 4.74 Å². The number of hydrogen-bond acceptors (Lipinski definition) is 3. The maximum absolute atomic E-state index is 15.1. The number of hydrogen-bond donors (Lipinski definition) is 0. The fourth-order valence-electron chi connectivity index (χ4n) is 3.98. The van der Waals surface area contributed by atoms with E-state index in [-0.39, 0.29) is 18.7 Å². The molecule has 0 radical (unpaired) electrons. The van der Waals surface area contributed by atoms with Gasteiger partial charge in [-0.3, -0.25) is 0 Å². The zero-order chi connectivity index (χ0) is 25.7. The molecule has 0 aliphatic carbocycles. The number of alkyl halides is 3. The van der Waals surface area contributed by atoms with Crippen molar-refractivity contribution >= 4 is 10.8 Å². The van der Waals surface area contributed by atoms with Crippen molar-refractivity contribution in [2.75, 3.05) is 6.61 Å². The van der Waals surface area contributed by atoms with Crippen LogP contribution in [0.1, 0.15) is 41.4 Å². The number of aromatic nitrogens is 2. The first-order valence-electron chi connectivity index (χ1n) is 11.7. The molecule has 0 bridgehead atoms. The molecule has 4 aromatic rings. The Morgan fingerprint density at radius 3 is 2.19 bits per heavy atom. The lowest BCUT2D eigenvalue weighted by atomic mass is 9.97. The van der Waals surface area contributed by atoms with E-state index in [0.717, 1.165) is 29.5 Å². The van der Waals surface area contributed by atoms with Crippen molar-refractivity contribution in [2.24, 2.45) is 0 Å². The molecule has 4 rings (SSSR count). The third-order valence-corrected chi connectivity index (χ3v) is 5.91. The quantitative estimate of drug-likeness (QED) is 0.227. The highest BCUT2D eigenvalue weighted by Crippen LogP contribution is 2.32. The molecule has 0 aliphatic rings. The molecule has 0 amide bonds. The SMILES string of the molecule is CCCOc1cnc(CCc2ccc3c(F)c(CCc4ccc(C(F)(F)F)c(F)c4)ccc3c2)nc1. The normalized spacial score (nSPS) is 11.7. The second-order valence-corrected chi connectivity index (χ2v) is 8.59. The minimum Gasteiger partial charge on any atom is -0.490 e. The number of rotatable bonds is 9. The Balaban J connectivity index is 1.40. The van der Waals surface area contributed by atoms with Crippen LogP contribution in [-0.4, -0.2) is 16.6 Å². The molecule has 188 valence electrons. The van der Waals surface area contributed by atoms with Crippen LogP contribution in [0.2, 0.25) is 0 Å². The molecule has 8 heteroatoms. The van der Waals surface area contributed by atoms with Gasteiger partial charge in [0.25, 0.3) is 0 Å². The van der Waals surface area contributed by atoms with Gasteiger partial charge in [0.2, 0.25) is 0 Å². The summed E-state index contributed by atoms with van der Waals surface area (Å²) in [6, 6.07) is 11.8. The predicted molar refractivity (Wildman–Crippen MR) is 128 cm³/mol. The Morgan fingerprint density at radius 1 is 0.806 bits per heavy atom. The lowest BCUT2D eigenvalue weighted by molar-refractivity contribution is -0.140. The van der Waals surface area contributed by atoms with Crippen molar-refractivity contribution in [1.29, 1.82) is 0 Å². The molecule has 0 saturated carbocycles. The third-order valence-electron chi connectivity index (χ3n) is 5.91. The van der Waals surface area contributed by atoms with Crippen LogP contribution in [0, 0.1) is 11.6 Å². The van der Waals surface area contributed by atoms with Crippen LogP contribution < -0.4 is 4.74 Å². The number of aryl methyl sites for hydroxylation is 4. The first-order chi connectivity index (χ1) is 17.2. The van der Waals surface area contributed by atoms with Gasteiger partial charge in [0, 0.05) is 11.8 Å². The lowest BCUT2D eigenvalue weighted by Gasteiger charge is -2.11. The molecular weight excluding hydrogens is 475 g/mol. The van der Waals surface area contributed by atoms with Gasteiger partial charge in [-0.2, -0.15) is 13.2 Å². The molecule has 36 heavy (non-hydrogen) atoms. The zero-order valence-corrected chi connectivity index (χ0v) is 19.7. The monoisotopic (exact) mass is 500 g/mol. The van der Waals surface area contributed by atoms with E-state index >= 15 is 4.39 Å². The number of benzene rings is 3. The summed E-state index contributed by atoms with van der Waals surface area (Å²) < 4.78 is 72.7. The van der Waals surface area contributed by atoms with Crippen LogP contribution in [0.15, 0.2) is 60.9 Å². The first kappa shape index (κ1) is 25.5. The Hall–Kier alpha value is -3.55. The summed E-state index contributed by atoms with van der Waals surface area (Å²) in [6.45, 7) is 2.64. The summed E-state index contributed by atoms with van der Waals surface area (Å²) in [5, 5.41) is 1.21. The topological polar surface area (TPSA) is 35.0 Å². The Kier molecular flexibility index (Phi) is 7.82. The molecule has 0 aliphatic heterocycles. The fourth-order valence-corrected chi connectivity index (χ4v) is 3.98. The van der Waals surface area contributed by atoms with Crippen molar-refractivity contribution in [2.45, 2.75) is 45.2 Å². The van der Waals surface area contributed by atoms with Gasteiger partial charge in [-0.05, 0) is 59.9 Å². The minimum absolute atomic E-state index is 0.220. The first-order valence-corrected chi connectivity index (χ1v) is 11.7. The van der Waals surface area contributed by atoms with E-state index in [9.17, 15) is 17.6 Å². The van der Waals surface area contributed by atoms with Gasteiger partial charge in [0.15, 0.2) is 5.75 Å². The van der Waals surface area contributed by atoms with Gasteiger partial charge >= 0.3 is 6.18 Å². The Morgan fingerprint density at radius 2 is 1.50 bits per heavy atom. The van der Waals surface area contributed by atoms with Gasteiger partial charge < -0.3 is 4.74 Å². The van der Waals surface area contributed by atoms with Gasteiger partial charge in [0.05, 0.1) is 24.6 Å². The highest BCUT2D eigenvalue weighted by atomic mass is 19.4. The van der Waals surface area contributed by atoms with Crippen LogP contribution >= 0.6 is 0 Å². The van der Waals surface area contributed by atoms with Crippen LogP contribution in [-0.2, 0) is 31.9 Å². The summed E-state index contributed by atoms with van der Waals surface area (Å²) in [7, 11) is 0. The van der Waals surface area contributed by atoms with Gasteiger partial charge in [-0.25, -0.2) is 18.7 Å². The van der Waals surface area contributed by atoms with E-state index in [1.165, 1.54) is 6.07 Å². The molecule has 0 unspecified atom stereocenters. The van der Waals surface area contributed by atoms with Crippen molar-refractivity contribution in [3.8, 4) is 5.75 Å². The van der Waals surface area contributed by atoms with Crippen molar-refractivity contribution in [3.63, 3.8) is 0 Å². The number of halogens is 5. The summed E-state index contributed by atoms with van der Waals surface area (Å²) in [6.07, 6.45) is 1.26. The minimum atomic E-state index is -4.74. The van der Waals surface area contributed by atoms with E-state index in [1.54, 1.807) is 24.5 Å². The molecule has 1 aromatic heterocycles. The molecule has 0 atom stereocenters. The summed E-state index contributed by atoms with van der Waals surface area (Å²) in [4.78, 5) is 8.65. The standard InChI is InChI=1S/C28H25F5N2O/c1-2-13-36-22-16-34-26(35-17-22)12-6-18-4-10-23-21(14-18)9-8-20(27(23)30)7-3-19-5-11-24(25(29)15-19)28(31,32)33/h4-5,8-11,14-17H,2-3,6-7,12-13H2,1H3. The van der Waals surface area contributed by atoms with Gasteiger partial charge in [0.1, 0.15) is 17.5 Å². The van der Waals surface area contributed by atoms with E-state index in [0.29, 0.717) is 47.5 Å². The largest absolute Gasteiger partial charge is 0.490 e. The van der Waals surface area contributed by atoms with E-state index in [2.05, 4.69) is 9.97 Å². The molecule has 3 nitrogen and oxygen atoms in total. The summed E-state index contributed by atoms with van der Waals surface area (Å²) >= 11 is 0. The smallest absolute Gasteiger partial charge is 0.419 e. The number of nitrogens with zero attached hydrogens (tertiary/aromatic N) is 2. The molecule has 0 spiro atoms. The van der Waals surface area contributed by atoms with Crippen molar-refractivity contribution in [1.82, 2.24) is 9.97 Å². The summed E-state index contributed by atoms with van der Waals surface area (Å²) in [5.41, 5.74) is 0.519. The van der Waals surface area contributed by atoms with Crippen LogP contribution in [0.3, 0.4) is 0 Å². The lowest BCUT2D eigenvalue weighted by Crippen LogP contribution is -2.08. The van der Waals surface area contributed by atoms with Crippen LogP contribution in [0.5, 0.6) is 5.75 Å². The van der Waals surface area contributed by atoms with Crippen LogP contribution in [0.4, 0.5) is 22.0 Å². The van der Waals surface area contributed by atoms with E-state index < -0.39 is 17.6 Å². The molecular formula is C28H25F5N2O. The fraction of sp³-hybridized carbons (Fsp3) is 0.286. The molecule has 0 N–H and O–H groups in total. The van der Waals surface area contributed by atoms with Gasteiger partial charge in [-0.15, -0.1) is 0 Å². The molecule has 0 fully saturated rings. The molecule has 3 aromatic carbocycles. The summed E-state index contributed by atoms with van der Waals surface area (Å²) in [5.74, 6) is -0.365. The number of fused-ring (bicyclic) bond motifs is 1. The third kappa shape index (κ3) is 6.17.